The summed E-state index contributed by atoms with van der Waals surface area (Å²) in [6.45, 7) is 0. The summed E-state index contributed by atoms with van der Waals surface area (Å²) in [6, 6.07) is 5.73. The molecule has 0 aliphatic heterocycles. The van der Waals surface area contributed by atoms with Crippen LogP contribution in [0.25, 0.3) is 0 Å². The average Bonchev–Trinajstić information content (AvgIpc) is 2.22. The van der Waals surface area contributed by atoms with E-state index in [1.54, 1.807) is 6.07 Å². The number of hydrogen-bond donors (Lipinski definition) is 2. The van der Waals surface area contributed by atoms with Crippen LogP contribution in [0.3, 0.4) is 0 Å². The summed E-state index contributed by atoms with van der Waals surface area (Å²) in [7, 11) is 0. The van der Waals surface area contributed by atoms with Gasteiger partial charge >= 0.3 is 0 Å². The van der Waals surface area contributed by atoms with Crippen LogP contribution >= 0.6 is 15.9 Å². The topological polar surface area (TPSA) is 87.0 Å². The lowest BCUT2D eigenvalue weighted by atomic mass is 10.3. The van der Waals surface area contributed by atoms with Crippen LogP contribution in [-0.4, -0.2) is 9.97 Å². The van der Waals surface area contributed by atoms with Gasteiger partial charge in [-0.2, -0.15) is 9.97 Å². The minimum atomic E-state index is -0.433. The molecule has 17 heavy (non-hydrogen) atoms. The molecule has 0 aliphatic rings. The fourth-order valence-electron chi connectivity index (χ4n) is 1.17. The van der Waals surface area contributed by atoms with E-state index >= 15 is 0 Å². The van der Waals surface area contributed by atoms with E-state index < -0.39 is 5.82 Å². The van der Waals surface area contributed by atoms with Gasteiger partial charge < -0.3 is 16.2 Å². The van der Waals surface area contributed by atoms with Gasteiger partial charge in [-0.15, -0.1) is 0 Å². The third-order valence-corrected chi connectivity index (χ3v) is 2.50. The zero-order valence-electron chi connectivity index (χ0n) is 8.52. The Morgan fingerprint density at radius 2 is 1.94 bits per heavy atom. The fraction of sp³-hybridized carbons (Fsp3) is 0. The Kier molecular flexibility index (Phi) is 3.10. The van der Waals surface area contributed by atoms with Crippen molar-refractivity contribution in [2.45, 2.75) is 0 Å². The average molecular weight is 299 g/mol. The third-order valence-electron chi connectivity index (χ3n) is 1.85. The number of nitrogens with two attached hydrogens (primary N) is 2. The molecule has 0 amide bonds. The van der Waals surface area contributed by atoms with Crippen molar-refractivity contribution < 1.29 is 9.13 Å². The standard InChI is InChI=1S/C10H8BrFN4O/c11-6-2-1-5(3-7(6)12)17-9-4-8(13)15-10(14)16-9/h1-4H,(H4,13,14,15,16). The van der Waals surface area contributed by atoms with Gasteiger partial charge in [0.1, 0.15) is 17.4 Å². The lowest BCUT2D eigenvalue weighted by Crippen LogP contribution is -2.00. The van der Waals surface area contributed by atoms with Crippen molar-refractivity contribution >= 4 is 27.7 Å². The number of benzene rings is 1. The highest BCUT2D eigenvalue weighted by Crippen LogP contribution is 2.25. The van der Waals surface area contributed by atoms with Crippen LogP contribution in [-0.2, 0) is 0 Å². The Balaban J connectivity index is 2.28. The largest absolute Gasteiger partial charge is 0.439 e. The van der Waals surface area contributed by atoms with Crippen molar-refractivity contribution in [2.24, 2.45) is 0 Å². The number of ether oxygens (including phenoxy) is 1. The van der Waals surface area contributed by atoms with Gasteiger partial charge in [0.25, 0.3) is 0 Å². The van der Waals surface area contributed by atoms with E-state index in [2.05, 4.69) is 25.9 Å². The van der Waals surface area contributed by atoms with Gasteiger partial charge in [-0.1, -0.05) is 0 Å². The van der Waals surface area contributed by atoms with Crippen LogP contribution in [0.5, 0.6) is 11.6 Å². The quantitative estimate of drug-likeness (QED) is 0.888. The van der Waals surface area contributed by atoms with Crippen LogP contribution in [0.15, 0.2) is 28.7 Å². The SMILES string of the molecule is Nc1cc(Oc2ccc(Br)c(F)c2)nc(N)n1. The molecule has 2 aromatic rings. The van der Waals surface area contributed by atoms with E-state index in [0.29, 0.717) is 10.2 Å². The first-order chi connectivity index (χ1) is 8.04. The van der Waals surface area contributed by atoms with Gasteiger partial charge in [-0.25, -0.2) is 4.39 Å². The Hall–Kier alpha value is -1.89. The summed E-state index contributed by atoms with van der Waals surface area (Å²) >= 11 is 3.04. The number of hydrogen-bond acceptors (Lipinski definition) is 5. The number of rotatable bonds is 2. The zero-order chi connectivity index (χ0) is 12.4. The molecule has 1 aromatic carbocycles. The van der Waals surface area contributed by atoms with Gasteiger partial charge in [-0.3, -0.25) is 0 Å². The molecule has 2 rings (SSSR count). The number of anilines is 2. The van der Waals surface area contributed by atoms with Crippen molar-refractivity contribution in [1.29, 1.82) is 0 Å². The second-order valence-electron chi connectivity index (χ2n) is 3.17. The van der Waals surface area contributed by atoms with E-state index in [1.165, 1.54) is 18.2 Å². The maximum absolute atomic E-state index is 13.2. The second-order valence-corrected chi connectivity index (χ2v) is 4.02. The summed E-state index contributed by atoms with van der Waals surface area (Å²) in [5.74, 6) is 0.208. The molecule has 0 atom stereocenters. The first kappa shape index (κ1) is 11.6. The Bertz CT molecular complexity index is 544. The Labute approximate surface area is 105 Å². The lowest BCUT2D eigenvalue weighted by Gasteiger charge is -2.06. The molecule has 0 bridgehead atoms. The summed E-state index contributed by atoms with van der Waals surface area (Å²) in [5, 5.41) is 0. The van der Waals surface area contributed by atoms with E-state index in [9.17, 15) is 4.39 Å². The van der Waals surface area contributed by atoms with Crippen LogP contribution in [0, 0.1) is 5.82 Å². The van der Waals surface area contributed by atoms with E-state index in [-0.39, 0.29) is 17.6 Å². The van der Waals surface area contributed by atoms with E-state index in [4.69, 9.17) is 16.2 Å². The summed E-state index contributed by atoms with van der Waals surface area (Å²) < 4.78 is 18.9. The van der Waals surface area contributed by atoms with Gasteiger partial charge in [-0.05, 0) is 28.1 Å². The van der Waals surface area contributed by atoms with Crippen molar-refractivity contribution in [3.05, 3.63) is 34.6 Å². The smallest absolute Gasteiger partial charge is 0.226 e. The van der Waals surface area contributed by atoms with Crippen molar-refractivity contribution in [2.75, 3.05) is 11.5 Å². The molecule has 5 nitrogen and oxygen atoms in total. The zero-order valence-corrected chi connectivity index (χ0v) is 10.1. The van der Waals surface area contributed by atoms with Crippen molar-refractivity contribution in [3.63, 3.8) is 0 Å². The monoisotopic (exact) mass is 298 g/mol. The summed E-state index contributed by atoms with van der Waals surface area (Å²) in [4.78, 5) is 7.50. The number of nitrogen functional groups attached to an aromatic ring is 2. The molecular formula is C10H8BrFN4O. The maximum Gasteiger partial charge on any atom is 0.226 e. The molecule has 0 fully saturated rings. The molecule has 0 spiro atoms. The number of halogens is 2. The third kappa shape index (κ3) is 2.82. The van der Waals surface area contributed by atoms with Gasteiger partial charge in [0.2, 0.25) is 11.8 Å². The normalized spacial score (nSPS) is 10.2. The molecule has 1 aromatic heterocycles. The molecule has 7 heteroatoms. The Morgan fingerprint density at radius 3 is 2.59 bits per heavy atom. The summed E-state index contributed by atoms with van der Waals surface area (Å²) in [5.41, 5.74) is 10.9. The first-order valence-corrected chi connectivity index (χ1v) is 5.37. The molecular weight excluding hydrogens is 291 g/mol. The minimum Gasteiger partial charge on any atom is -0.439 e. The van der Waals surface area contributed by atoms with Crippen LogP contribution in [0.4, 0.5) is 16.2 Å². The molecule has 0 saturated heterocycles. The highest BCUT2D eigenvalue weighted by Gasteiger charge is 2.05. The maximum atomic E-state index is 13.2. The fourth-order valence-corrected chi connectivity index (χ4v) is 1.42. The predicted molar refractivity (Wildman–Crippen MR) is 65.0 cm³/mol. The van der Waals surface area contributed by atoms with Crippen molar-refractivity contribution in [3.8, 4) is 11.6 Å². The van der Waals surface area contributed by atoms with Crippen LogP contribution in [0.1, 0.15) is 0 Å². The minimum absolute atomic E-state index is 0.00224. The lowest BCUT2D eigenvalue weighted by molar-refractivity contribution is 0.458. The van der Waals surface area contributed by atoms with Crippen LogP contribution < -0.4 is 16.2 Å². The molecule has 4 N–H and O–H groups in total. The second kappa shape index (κ2) is 4.54. The van der Waals surface area contributed by atoms with E-state index in [1.807, 2.05) is 0 Å². The molecule has 88 valence electrons. The van der Waals surface area contributed by atoms with Crippen molar-refractivity contribution in [1.82, 2.24) is 9.97 Å². The van der Waals surface area contributed by atoms with Gasteiger partial charge in [0.05, 0.1) is 4.47 Å². The molecule has 0 unspecified atom stereocenters. The molecule has 0 radical (unpaired) electrons. The number of aromatic nitrogens is 2. The molecule has 0 saturated carbocycles. The highest BCUT2D eigenvalue weighted by atomic mass is 79.9. The van der Waals surface area contributed by atoms with Gasteiger partial charge in [0, 0.05) is 12.1 Å². The van der Waals surface area contributed by atoms with E-state index in [0.717, 1.165) is 0 Å². The number of nitrogens with zero attached hydrogens (tertiary/aromatic N) is 2. The van der Waals surface area contributed by atoms with Crippen LogP contribution in [0.2, 0.25) is 0 Å². The summed E-state index contributed by atoms with van der Waals surface area (Å²) in [6.07, 6.45) is 0. The predicted octanol–water partition coefficient (Wildman–Crippen LogP) is 2.33. The van der Waals surface area contributed by atoms with Gasteiger partial charge in [0.15, 0.2) is 0 Å². The Morgan fingerprint density at radius 1 is 1.18 bits per heavy atom. The first-order valence-electron chi connectivity index (χ1n) is 4.57. The molecule has 1 heterocycles. The highest BCUT2D eigenvalue weighted by molar-refractivity contribution is 9.10. The molecule has 0 aliphatic carbocycles.